The Balaban J connectivity index is 3.47. The van der Waals surface area contributed by atoms with Gasteiger partial charge in [-0.25, -0.2) is 8.42 Å². The van der Waals surface area contributed by atoms with Gasteiger partial charge in [-0.1, -0.05) is 23.2 Å². The van der Waals surface area contributed by atoms with Crippen LogP contribution < -0.4 is 0 Å². The first kappa shape index (κ1) is 12.8. The van der Waals surface area contributed by atoms with Crippen molar-refractivity contribution in [1.29, 1.82) is 0 Å². The van der Waals surface area contributed by atoms with Crippen molar-refractivity contribution >= 4 is 33.0 Å². The number of rotatable bonds is 1. The Morgan fingerprint density at radius 3 is 2.13 bits per heavy atom. The standard InChI is InChI=1S/C10H12Cl2O2S/c1-10(2,3)15(13,14)9-6-7(11)4-5-8(9)12/h4-6H,1-3H3. The van der Waals surface area contributed by atoms with Gasteiger partial charge in [0.15, 0.2) is 9.84 Å². The van der Waals surface area contributed by atoms with Crippen LogP contribution in [0.15, 0.2) is 23.1 Å². The summed E-state index contributed by atoms with van der Waals surface area (Å²) in [7, 11) is -3.45. The summed E-state index contributed by atoms with van der Waals surface area (Å²) < 4.78 is 23.3. The van der Waals surface area contributed by atoms with Crippen LogP contribution in [-0.2, 0) is 9.84 Å². The zero-order valence-corrected chi connectivity index (χ0v) is 11.0. The summed E-state index contributed by atoms with van der Waals surface area (Å²) in [4.78, 5) is 0.0872. The molecule has 1 aromatic carbocycles. The van der Waals surface area contributed by atoms with Crippen molar-refractivity contribution in [3.8, 4) is 0 Å². The molecule has 0 unspecified atom stereocenters. The molecule has 0 aliphatic carbocycles. The molecule has 1 aromatic rings. The molecule has 0 aliphatic rings. The maximum Gasteiger partial charge on any atom is 0.184 e. The van der Waals surface area contributed by atoms with Crippen molar-refractivity contribution in [1.82, 2.24) is 0 Å². The van der Waals surface area contributed by atoms with Crippen LogP contribution >= 0.6 is 23.2 Å². The average molecular weight is 267 g/mol. The molecule has 0 spiro atoms. The van der Waals surface area contributed by atoms with Gasteiger partial charge in [0.25, 0.3) is 0 Å². The number of hydrogen-bond donors (Lipinski definition) is 0. The molecule has 0 amide bonds. The molecule has 2 nitrogen and oxygen atoms in total. The first-order valence-electron chi connectivity index (χ1n) is 4.36. The Morgan fingerprint density at radius 1 is 1.13 bits per heavy atom. The zero-order valence-electron chi connectivity index (χ0n) is 8.71. The minimum Gasteiger partial charge on any atom is -0.223 e. The van der Waals surface area contributed by atoms with E-state index in [1.807, 2.05) is 0 Å². The van der Waals surface area contributed by atoms with E-state index < -0.39 is 14.6 Å². The van der Waals surface area contributed by atoms with Crippen LogP contribution in [0.5, 0.6) is 0 Å². The van der Waals surface area contributed by atoms with Crippen molar-refractivity contribution in [3.63, 3.8) is 0 Å². The van der Waals surface area contributed by atoms with Gasteiger partial charge in [-0.2, -0.15) is 0 Å². The van der Waals surface area contributed by atoms with Gasteiger partial charge in [0.2, 0.25) is 0 Å². The fraction of sp³-hybridized carbons (Fsp3) is 0.400. The third-order valence-electron chi connectivity index (χ3n) is 1.99. The smallest absolute Gasteiger partial charge is 0.184 e. The molecule has 0 aromatic heterocycles. The lowest BCUT2D eigenvalue weighted by Crippen LogP contribution is -2.28. The summed E-state index contributed by atoms with van der Waals surface area (Å²) in [6, 6.07) is 4.43. The summed E-state index contributed by atoms with van der Waals surface area (Å²) in [6.07, 6.45) is 0. The van der Waals surface area contributed by atoms with Crippen molar-refractivity contribution in [2.24, 2.45) is 0 Å². The number of hydrogen-bond acceptors (Lipinski definition) is 2. The number of sulfone groups is 1. The van der Waals surface area contributed by atoms with E-state index in [0.717, 1.165) is 0 Å². The molecule has 0 saturated carbocycles. The second kappa shape index (κ2) is 3.96. The van der Waals surface area contributed by atoms with Gasteiger partial charge in [-0.05, 0) is 39.0 Å². The molecule has 0 N–H and O–H groups in total. The van der Waals surface area contributed by atoms with Crippen LogP contribution in [0.3, 0.4) is 0 Å². The molecule has 0 aliphatic heterocycles. The minimum absolute atomic E-state index is 0.0872. The fourth-order valence-electron chi connectivity index (χ4n) is 1.01. The quantitative estimate of drug-likeness (QED) is 0.779. The van der Waals surface area contributed by atoms with Crippen molar-refractivity contribution in [2.75, 3.05) is 0 Å². The van der Waals surface area contributed by atoms with Gasteiger partial charge in [-0.15, -0.1) is 0 Å². The largest absolute Gasteiger partial charge is 0.223 e. The monoisotopic (exact) mass is 266 g/mol. The molecular formula is C10H12Cl2O2S. The van der Waals surface area contributed by atoms with Gasteiger partial charge in [-0.3, -0.25) is 0 Å². The van der Waals surface area contributed by atoms with E-state index in [4.69, 9.17) is 23.2 Å². The van der Waals surface area contributed by atoms with Gasteiger partial charge in [0.1, 0.15) is 0 Å². The third-order valence-corrected chi connectivity index (χ3v) is 5.19. The van der Waals surface area contributed by atoms with Gasteiger partial charge < -0.3 is 0 Å². The topological polar surface area (TPSA) is 34.1 Å². The molecule has 1 rings (SSSR count). The van der Waals surface area contributed by atoms with Crippen molar-refractivity contribution < 1.29 is 8.42 Å². The highest BCUT2D eigenvalue weighted by Crippen LogP contribution is 2.32. The van der Waals surface area contributed by atoms with Crippen LogP contribution in [0.25, 0.3) is 0 Å². The Hall–Kier alpha value is -0.250. The molecule has 0 fully saturated rings. The molecule has 84 valence electrons. The van der Waals surface area contributed by atoms with Gasteiger partial charge in [0.05, 0.1) is 14.7 Å². The Bertz CT molecular complexity index is 473. The number of halogens is 2. The van der Waals surface area contributed by atoms with E-state index >= 15 is 0 Å². The van der Waals surface area contributed by atoms with E-state index in [2.05, 4.69) is 0 Å². The van der Waals surface area contributed by atoms with E-state index in [1.165, 1.54) is 12.1 Å². The lowest BCUT2D eigenvalue weighted by Gasteiger charge is -2.20. The summed E-state index contributed by atoms with van der Waals surface area (Å²) in [5.41, 5.74) is 0. The van der Waals surface area contributed by atoms with E-state index in [1.54, 1.807) is 26.8 Å². The highest BCUT2D eigenvalue weighted by molar-refractivity contribution is 7.92. The Kier molecular flexibility index (Phi) is 3.39. The van der Waals surface area contributed by atoms with Crippen molar-refractivity contribution in [2.45, 2.75) is 30.4 Å². The van der Waals surface area contributed by atoms with Gasteiger partial charge in [0, 0.05) is 5.02 Å². The lowest BCUT2D eigenvalue weighted by atomic mass is 10.3. The Labute approximate surface area is 100 Å². The average Bonchev–Trinajstić information content (AvgIpc) is 2.07. The lowest BCUT2D eigenvalue weighted by molar-refractivity contribution is 0.560. The second-order valence-corrected chi connectivity index (χ2v) is 7.71. The fourth-order valence-corrected chi connectivity index (χ4v) is 2.94. The normalized spacial score (nSPS) is 12.9. The number of benzene rings is 1. The molecule has 0 heterocycles. The maximum atomic E-state index is 12.1. The zero-order chi connectivity index (χ0) is 11.9. The third kappa shape index (κ3) is 2.47. The van der Waals surface area contributed by atoms with Crippen molar-refractivity contribution in [3.05, 3.63) is 28.2 Å². The van der Waals surface area contributed by atoms with E-state index in [-0.39, 0.29) is 9.92 Å². The van der Waals surface area contributed by atoms with Crippen LogP contribution in [0.4, 0.5) is 0 Å². The van der Waals surface area contributed by atoms with E-state index in [9.17, 15) is 8.42 Å². The maximum absolute atomic E-state index is 12.1. The summed E-state index contributed by atoms with van der Waals surface area (Å²) in [6.45, 7) is 4.87. The molecule has 0 radical (unpaired) electrons. The van der Waals surface area contributed by atoms with Crippen LogP contribution in [0.2, 0.25) is 10.0 Å². The highest BCUT2D eigenvalue weighted by atomic mass is 35.5. The SMILES string of the molecule is CC(C)(C)S(=O)(=O)c1cc(Cl)ccc1Cl. The molecular weight excluding hydrogens is 255 g/mol. The van der Waals surface area contributed by atoms with E-state index in [0.29, 0.717) is 5.02 Å². The summed E-state index contributed by atoms with van der Waals surface area (Å²) in [5, 5.41) is 0.566. The second-order valence-electron chi connectivity index (χ2n) is 4.19. The van der Waals surface area contributed by atoms with Gasteiger partial charge >= 0.3 is 0 Å². The molecule has 0 atom stereocenters. The molecule has 0 saturated heterocycles. The van der Waals surface area contributed by atoms with Crippen LogP contribution in [0, 0.1) is 0 Å². The first-order valence-corrected chi connectivity index (χ1v) is 6.60. The minimum atomic E-state index is -3.45. The predicted molar refractivity (Wildman–Crippen MR) is 63.4 cm³/mol. The Morgan fingerprint density at radius 2 is 1.67 bits per heavy atom. The molecule has 0 bridgehead atoms. The molecule has 5 heteroatoms. The van der Waals surface area contributed by atoms with Crippen LogP contribution in [0.1, 0.15) is 20.8 Å². The summed E-state index contributed by atoms with van der Waals surface area (Å²) >= 11 is 11.6. The van der Waals surface area contributed by atoms with Crippen LogP contribution in [-0.4, -0.2) is 13.2 Å². The molecule has 15 heavy (non-hydrogen) atoms. The summed E-state index contributed by atoms with van der Waals surface area (Å²) in [5.74, 6) is 0. The first-order chi connectivity index (χ1) is 6.66. The predicted octanol–water partition coefficient (Wildman–Crippen LogP) is 3.57. The highest BCUT2D eigenvalue weighted by Gasteiger charge is 2.32.